The minimum absolute atomic E-state index is 0.0394. The van der Waals surface area contributed by atoms with Crippen molar-refractivity contribution in [2.45, 2.75) is 23.8 Å². The number of hydrogen-bond donors (Lipinski definition) is 1. The number of nitrogens with zero attached hydrogens (tertiary/aromatic N) is 1. The Bertz CT molecular complexity index is 958. The Labute approximate surface area is 162 Å². The summed E-state index contributed by atoms with van der Waals surface area (Å²) in [5.41, 5.74) is -0.0242. The number of sulfonamides is 1. The summed E-state index contributed by atoms with van der Waals surface area (Å²) in [6.45, 7) is 0.894. The van der Waals surface area contributed by atoms with Crippen LogP contribution in [0.25, 0.3) is 0 Å². The van der Waals surface area contributed by atoms with Gasteiger partial charge < -0.3 is 10.1 Å². The molecule has 3 rings (SSSR count). The van der Waals surface area contributed by atoms with Gasteiger partial charge in [-0.05, 0) is 49.2 Å². The van der Waals surface area contributed by atoms with Crippen molar-refractivity contribution < 1.29 is 26.7 Å². The Morgan fingerprint density at radius 1 is 1.21 bits per heavy atom. The summed E-state index contributed by atoms with van der Waals surface area (Å²) in [4.78, 5) is 12.3. The molecule has 0 aromatic heterocycles. The summed E-state index contributed by atoms with van der Waals surface area (Å²) in [5.74, 6) is -2.29. The molecule has 1 fully saturated rings. The van der Waals surface area contributed by atoms with Gasteiger partial charge in [-0.15, -0.1) is 0 Å². The first kappa shape index (κ1) is 20.4. The van der Waals surface area contributed by atoms with E-state index >= 15 is 0 Å². The first-order chi connectivity index (χ1) is 13.3. The maximum absolute atomic E-state index is 13.7. The maximum Gasteiger partial charge on any atom is 0.255 e. The highest BCUT2D eigenvalue weighted by Gasteiger charge is 2.26. The molecule has 0 bridgehead atoms. The topological polar surface area (TPSA) is 75.7 Å². The third kappa shape index (κ3) is 4.54. The minimum Gasteiger partial charge on any atom is -0.377 e. The SMILES string of the molecule is CN(CC1CCCO1)S(=O)(=O)c1ccc(C(=O)Nc2ccc(F)cc2F)cc1. The van der Waals surface area contributed by atoms with Gasteiger partial charge in [0, 0.05) is 31.8 Å². The molecule has 28 heavy (non-hydrogen) atoms. The fourth-order valence-corrected chi connectivity index (χ4v) is 4.12. The number of carbonyl (C=O) groups is 1. The lowest BCUT2D eigenvalue weighted by atomic mass is 10.2. The summed E-state index contributed by atoms with van der Waals surface area (Å²) < 4.78 is 58.6. The average Bonchev–Trinajstić information content (AvgIpc) is 3.17. The van der Waals surface area contributed by atoms with E-state index in [0.29, 0.717) is 12.7 Å². The van der Waals surface area contributed by atoms with Gasteiger partial charge in [-0.25, -0.2) is 17.2 Å². The van der Waals surface area contributed by atoms with Gasteiger partial charge in [0.25, 0.3) is 5.91 Å². The van der Waals surface area contributed by atoms with Gasteiger partial charge >= 0.3 is 0 Å². The number of carbonyl (C=O) groups excluding carboxylic acids is 1. The van der Waals surface area contributed by atoms with Gasteiger partial charge in [0.15, 0.2) is 0 Å². The van der Waals surface area contributed by atoms with Crippen LogP contribution < -0.4 is 5.32 Å². The predicted octanol–water partition coefficient (Wildman–Crippen LogP) is 3.02. The maximum atomic E-state index is 13.7. The smallest absolute Gasteiger partial charge is 0.255 e. The second-order valence-electron chi connectivity index (χ2n) is 6.52. The lowest BCUT2D eigenvalue weighted by Gasteiger charge is -2.20. The van der Waals surface area contributed by atoms with Crippen LogP contribution in [0.2, 0.25) is 0 Å². The van der Waals surface area contributed by atoms with E-state index in [1.165, 1.54) is 35.6 Å². The number of hydrogen-bond acceptors (Lipinski definition) is 4. The van der Waals surface area contributed by atoms with E-state index in [0.717, 1.165) is 25.0 Å². The summed E-state index contributed by atoms with van der Waals surface area (Å²) >= 11 is 0. The average molecular weight is 410 g/mol. The Hall–Kier alpha value is -2.36. The number of rotatable bonds is 6. The van der Waals surface area contributed by atoms with Crippen molar-refractivity contribution >= 4 is 21.6 Å². The van der Waals surface area contributed by atoms with Crippen LogP contribution in [0.4, 0.5) is 14.5 Å². The molecular formula is C19H20F2N2O4S. The van der Waals surface area contributed by atoms with Crippen molar-refractivity contribution in [1.82, 2.24) is 4.31 Å². The van der Waals surface area contributed by atoms with Crippen LogP contribution >= 0.6 is 0 Å². The lowest BCUT2D eigenvalue weighted by molar-refractivity contribution is 0.0979. The standard InChI is InChI=1S/C19H20F2N2O4S/c1-23(12-15-3-2-10-27-15)28(25,26)16-7-4-13(5-8-16)19(24)22-18-9-6-14(20)11-17(18)21/h4-9,11,15H,2-3,10,12H2,1H3,(H,22,24). The molecule has 2 aromatic rings. The zero-order valence-electron chi connectivity index (χ0n) is 15.2. The Morgan fingerprint density at radius 2 is 1.93 bits per heavy atom. The van der Waals surface area contributed by atoms with Gasteiger partial charge in [-0.2, -0.15) is 4.31 Å². The van der Waals surface area contributed by atoms with Gasteiger partial charge in [0.2, 0.25) is 10.0 Å². The summed E-state index contributed by atoms with van der Waals surface area (Å²) in [5, 5.41) is 2.33. The molecule has 6 nitrogen and oxygen atoms in total. The molecule has 150 valence electrons. The third-order valence-corrected chi connectivity index (χ3v) is 6.33. The Morgan fingerprint density at radius 3 is 2.54 bits per heavy atom. The third-order valence-electron chi connectivity index (χ3n) is 4.49. The lowest BCUT2D eigenvalue weighted by Crippen LogP contribution is -2.34. The van der Waals surface area contributed by atoms with Crippen LogP contribution in [-0.2, 0) is 14.8 Å². The molecule has 1 heterocycles. The highest BCUT2D eigenvalue weighted by Crippen LogP contribution is 2.20. The fourth-order valence-electron chi connectivity index (χ4n) is 2.92. The molecule has 0 radical (unpaired) electrons. The van der Waals surface area contributed by atoms with Crippen LogP contribution in [0, 0.1) is 11.6 Å². The second kappa shape index (κ2) is 8.34. The first-order valence-corrected chi connectivity index (χ1v) is 10.2. The van der Waals surface area contributed by atoms with Crippen molar-refractivity contribution in [3.63, 3.8) is 0 Å². The molecule has 1 aliphatic rings. The summed E-state index contributed by atoms with van der Waals surface area (Å²) in [6, 6.07) is 8.11. The molecule has 9 heteroatoms. The summed E-state index contributed by atoms with van der Waals surface area (Å²) in [7, 11) is -2.24. The van der Waals surface area contributed by atoms with E-state index in [1.807, 2.05) is 0 Å². The van der Waals surface area contributed by atoms with Crippen molar-refractivity contribution in [2.75, 3.05) is 25.5 Å². The molecule has 2 aromatic carbocycles. The van der Waals surface area contributed by atoms with Crippen molar-refractivity contribution in [1.29, 1.82) is 0 Å². The normalized spacial score (nSPS) is 17.1. The molecule has 1 saturated heterocycles. The van der Waals surface area contributed by atoms with Crippen LogP contribution in [0.1, 0.15) is 23.2 Å². The van der Waals surface area contributed by atoms with E-state index < -0.39 is 27.6 Å². The monoisotopic (exact) mass is 410 g/mol. The molecule has 0 saturated carbocycles. The van der Waals surface area contributed by atoms with E-state index in [4.69, 9.17) is 4.74 Å². The number of ether oxygens (including phenoxy) is 1. The van der Waals surface area contributed by atoms with Crippen LogP contribution in [0.5, 0.6) is 0 Å². The largest absolute Gasteiger partial charge is 0.377 e. The van der Waals surface area contributed by atoms with Crippen molar-refractivity contribution in [3.8, 4) is 0 Å². The van der Waals surface area contributed by atoms with Gasteiger partial charge in [-0.3, -0.25) is 4.79 Å². The predicted molar refractivity (Wildman–Crippen MR) is 99.5 cm³/mol. The van der Waals surface area contributed by atoms with Crippen LogP contribution in [0.15, 0.2) is 47.4 Å². The molecule has 0 spiro atoms. The number of benzene rings is 2. The molecule has 1 N–H and O–H groups in total. The van der Waals surface area contributed by atoms with E-state index in [-0.39, 0.29) is 28.8 Å². The molecular weight excluding hydrogens is 390 g/mol. The highest BCUT2D eigenvalue weighted by atomic mass is 32.2. The van der Waals surface area contributed by atoms with Crippen molar-refractivity contribution in [2.24, 2.45) is 0 Å². The molecule has 1 amide bonds. The number of anilines is 1. The second-order valence-corrected chi connectivity index (χ2v) is 8.57. The van der Waals surface area contributed by atoms with Crippen molar-refractivity contribution in [3.05, 3.63) is 59.7 Å². The number of nitrogens with one attached hydrogen (secondary N) is 1. The number of likely N-dealkylation sites (N-methyl/N-ethyl adjacent to an activating group) is 1. The first-order valence-electron chi connectivity index (χ1n) is 8.72. The zero-order valence-corrected chi connectivity index (χ0v) is 16.0. The van der Waals surface area contributed by atoms with E-state index in [1.54, 1.807) is 0 Å². The van der Waals surface area contributed by atoms with Gasteiger partial charge in [0.1, 0.15) is 11.6 Å². The van der Waals surface area contributed by atoms with E-state index in [2.05, 4.69) is 5.32 Å². The van der Waals surface area contributed by atoms with Crippen LogP contribution in [-0.4, -0.2) is 44.9 Å². The Balaban J connectivity index is 1.70. The molecule has 0 aliphatic carbocycles. The molecule has 1 aliphatic heterocycles. The minimum atomic E-state index is -3.72. The van der Waals surface area contributed by atoms with Gasteiger partial charge in [0.05, 0.1) is 16.7 Å². The quantitative estimate of drug-likeness (QED) is 0.794. The number of amides is 1. The van der Waals surface area contributed by atoms with E-state index in [9.17, 15) is 22.0 Å². The molecule has 1 atom stereocenters. The summed E-state index contributed by atoms with van der Waals surface area (Å²) in [6.07, 6.45) is 1.62. The Kier molecular flexibility index (Phi) is 6.07. The number of halogens is 2. The highest BCUT2D eigenvalue weighted by molar-refractivity contribution is 7.89. The fraction of sp³-hybridized carbons (Fsp3) is 0.316. The molecule has 1 unspecified atom stereocenters. The van der Waals surface area contributed by atoms with Gasteiger partial charge in [-0.1, -0.05) is 0 Å². The zero-order chi connectivity index (χ0) is 20.3. The van der Waals surface area contributed by atoms with Crippen LogP contribution in [0.3, 0.4) is 0 Å².